The number of hydrogen-bond acceptors (Lipinski definition) is 5. The number of nitrogens with one attached hydrogen (secondary N) is 1. The fourth-order valence-corrected chi connectivity index (χ4v) is 3.32. The molecule has 0 aliphatic carbocycles. The van der Waals surface area contributed by atoms with Crippen LogP contribution in [0.5, 0.6) is 0 Å². The summed E-state index contributed by atoms with van der Waals surface area (Å²) in [5.74, 6) is -0.281. The van der Waals surface area contributed by atoms with Crippen molar-refractivity contribution in [2.75, 3.05) is 22.9 Å². The highest BCUT2D eigenvalue weighted by Gasteiger charge is 2.37. The molecular weight excluding hydrogens is 346 g/mol. The number of carbonyl (C=O) groups excluding carboxylic acids is 3. The molecule has 138 valence electrons. The third-order valence-corrected chi connectivity index (χ3v) is 4.68. The summed E-state index contributed by atoms with van der Waals surface area (Å²) in [6, 6.07) is 11.3. The van der Waals surface area contributed by atoms with Gasteiger partial charge in [0.2, 0.25) is 0 Å². The third kappa shape index (κ3) is 3.36. The number of benzene rings is 1. The maximum absolute atomic E-state index is 12.8. The van der Waals surface area contributed by atoms with Gasteiger partial charge < -0.3 is 9.32 Å². The number of barbiturate groups is 1. The predicted octanol–water partition coefficient (Wildman–Crippen LogP) is 2.94. The zero-order chi connectivity index (χ0) is 18.8. The Bertz CT molecular complexity index is 910. The molecule has 0 spiro atoms. The first-order chi connectivity index (χ1) is 13.1. The fourth-order valence-electron chi connectivity index (χ4n) is 3.32. The Labute approximate surface area is 156 Å². The second-order valence-corrected chi connectivity index (χ2v) is 6.52. The maximum atomic E-state index is 12.8. The number of para-hydroxylation sites is 1. The number of hydrogen-bond donors (Lipinski definition) is 1. The van der Waals surface area contributed by atoms with Gasteiger partial charge in [-0.15, -0.1) is 0 Å². The quantitative estimate of drug-likeness (QED) is 0.668. The van der Waals surface area contributed by atoms with Gasteiger partial charge in [-0.05, 0) is 43.5 Å². The van der Waals surface area contributed by atoms with Crippen molar-refractivity contribution in [2.24, 2.45) is 0 Å². The monoisotopic (exact) mass is 365 g/mol. The number of amides is 4. The second kappa shape index (κ2) is 7.11. The van der Waals surface area contributed by atoms with E-state index in [2.05, 4.69) is 10.2 Å². The van der Waals surface area contributed by atoms with Crippen LogP contribution in [0, 0.1) is 0 Å². The van der Waals surface area contributed by atoms with Crippen LogP contribution in [-0.4, -0.2) is 30.9 Å². The first kappa shape index (κ1) is 17.1. The van der Waals surface area contributed by atoms with Crippen LogP contribution in [-0.2, 0) is 9.59 Å². The van der Waals surface area contributed by atoms with E-state index in [0.717, 1.165) is 36.7 Å². The number of piperidine rings is 1. The molecule has 7 heteroatoms. The molecule has 0 bridgehead atoms. The van der Waals surface area contributed by atoms with Crippen LogP contribution in [0.1, 0.15) is 25.0 Å². The molecule has 7 nitrogen and oxygen atoms in total. The van der Waals surface area contributed by atoms with Crippen molar-refractivity contribution in [3.8, 4) is 0 Å². The summed E-state index contributed by atoms with van der Waals surface area (Å²) in [4.78, 5) is 40.2. The highest BCUT2D eigenvalue weighted by Crippen LogP contribution is 2.26. The second-order valence-electron chi connectivity index (χ2n) is 6.52. The minimum absolute atomic E-state index is 0.141. The summed E-state index contributed by atoms with van der Waals surface area (Å²) < 4.78 is 5.80. The number of rotatable bonds is 3. The zero-order valence-corrected chi connectivity index (χ0v) is 14.7. The van der Waals surface area contributed by atoms with Crippen molar-refractivity contribution in [3.63, 3.8) is 0 Å². The Morgan fingerprint density at radius 1 is 0.926 bits per heavy atom. The first-order valence-corrected chi connectivity index (χ1v) is 8.95. The van der Waals surface area contributed by atoms with Crippen molar-refractivity contribution >= 4 is 35.5 Å². The largest absolute Gasteiger partial charge is 0.441 e. The van der Waals surface area contributed by atoms with E-state index < -0.39 is 17.8 Å². The van der Waals surface area contributed by atoms with E-state index in [1.165, 1.54) is 12.5 Å². The first-order valence-electron chi connectivity index (χ1n) is 8.95. The topological polar surface area (TPSA) is 82.9 Å². The summed E-state index contributed by atoms with van der Waals surface area (Å²) in [6.07, 6.45) is 4.83. The third-order valence-electron chi connectivity index (χ3n) is 4.68. The molecule has 1 N–H and O–H groups in total. The average molecular weight is 365 g/mol. The van der Waals surface area contributed by atoms with Gasteiger partial charge in [0.05, 0.1) is 5.69 Å². The van der Waals surface area contributed by atoms with E-state index >= 15 is 0 Å². The van der Waals surface area contributed by atoms with Crippen molar-refractivity contribution in [2.45, 2.75) is 19.3 Å². The number of imide groups is 2. The molecule has 0 unspecified atom stereocenters. The van der Waals surface area contributed by atoms with Crippen LogP contribution in [0.3, 0.4) is 0 Å². The molecule has 2 aliphatic rings. The summed E-state index contributed by atoms with van der Waals surface area (Å²) in [5.41, 5.74) is 0.254. The number of carbonyl (C=O) groups is 3. The summed E-state index contributed by atoms with van der Waals surface area (Å²) >= 11 is 0. The molecule has 27 heavy (non-hydrogen) atoms. The lowest BCUT2D eigenvalue weighted by molar-refractivity contribution is -0.122. The zero-order valence-electron chi connectivity index (χ0n) is 14.7. The van der Waals surface area contributed by atoms with Gasteiger partial charge in [-0.1, -0.05) is 18.2 Å². The van der Waals surface area contributed by atoms with Crippen LogP contribution in [0.15, 0.2) is 52.5 Å². The van der Waals surface area contributed by atoms with E-state index in [4.69, 9.17) is 4.42 Å². The molecule has 0 atom stereocenters. The molecule has 1 aromatic heterocycles. The molecule has 3 heterocycles. The Balaban J connectivity index is 1.62. The van der Waals surface area contributed by atoms with E-state index in [-0.39, 0.29) is 5.57 Å². The van der Waals surface area contributed by atoms with Gasteiger partial charge in [-0.3, -0.25) is 14.9 Å². The van der Waals surface area contributed by atoms with Gasteiger partial charge in [0.1, 0.15) is 11.3 Å². The molecular formula is C20H19N3O4. The smallest absolute Gasteiger partial charge is 0.335 e. The van der Waals surface area contributed by atoms with Crippen molar-refractivity contribution in [1.29, 1.82) is 0 Å². The van der Waals surface area contributed by atoms with E-state index in [1.54, 1.807) is 36.4 Å². The van der Waals surface area contributed by atoms with Gasteiger partial charge in [-0.25, -0.2) is 9.69 Å². The van der Waals surface area contributed by atoms with Gasteiger partial charge in [0, 0.05) is 19.2 Å². The lowest BCUT2D eigenvalue weighted by Gasteiger charge is -2.26. The number of anilines is 2. The van der Waals surface area contributed by atoms with E-state index in [1.807, 2.05) is 6.07 Å². The van der Waals surface area contributed by atoms with Crippen molar-refractivity contribution < 1.29 is 18.8 Å². The minimum atomic E-state index is -0.762. The van der Waals surface area contributed by atoms with Crippen LogP contribution < -0.4 is 15.1 Å². The number of nitrogens with zero attached hydrogens (tertiary/aromatic N) is 2. The molecule has 1 aromatic carbocycles. The normalized spacial score (nSPS) is 19.6. The Morgan fingerprint density at radius 2 is 1.67 bits per heavy atom. The summed E-state index contributed by atoms with van der Waals surface area (Å²) in [6.45, 7) is 1.86. The molecule has 0 radical (unpaired) electrons. The molecule has 2 aromatic rings. The minimum Gasteiger partial charge on any atom is -0.441 e. The number of urea groups is 1. The fraction of sp³-hybridized carbons (Fsp3) is 0.250. The van der Waals surface area contributed by atoms with E-state index in [0.29, 0.717) is 11.4 Å². The summed E-state index contributed by atoms with van der Waals surface area (Å²) in [7, 11) is 0. The lowest BCUT2D eigenvalue weighted by Crippen LogP contribution is -2.54. The average Bonchev–Trinajstić information content (AvgIpc) is 3.15. The highest BCUT2D eigenvalue weighted by molar-refractivity contribution is 6.39. The van der Waals surface area contributed by atoms with Crippen LogP contribution in [0.25, 0.3) is 6.08 Å². The van der Waals surface area contributed by atoms with Crippen LogP contribution in [0.4, 0.5) is 16.4 Å². The Hall–Kier alpha value is -3.35. The van der Waals surface area contributed by atoms with Crippen molar-refractivity contribution in [1.82, 2.24) is 5.32 Å². The molecule has 2 saturated heterocycles. The van der Waals surface area contributed by atoms with Crippen LogP contribution >= 0.6 is 0 Å². The molecule has 4 rings (SSSR count). The molecule has 0 saturated carbocycles. The molecule has 2 aliphatic heterocycles. The van der Waals surface area contributed by atoms with Gasteiger partial charge in [0.15, 0.2) is 5.88 Å². The molecule has 2 fully saturated rings. The Morgan fingerprint density at radius 3 is 2.41 bits per heavy atom. The standard InChI is InChI=1S/C20H19N3O4/c24-18-16(13-15-9-10-17(27-15)22-11-5-2-6-12-22)19(25)23(20(26)21-18)14-7-3-1-4-8-14/h1,3-4,7-10,13H,2,5-6,11-12H2,(H,21,24,26). The van der Waals surface area contributed by atoms with Crippen molar-refractivity contribution in [3.05, 3.63) is 53.8 Å². The van der Waals surface area contributed by atoms with Gasteiger partial charge in [0.25, 0.3) is 11.8 Å². The van der Waals surface area contributed by atoms with Crippen LogP contribution in [0.2, 0.25) is 0 Å². The highest BCUT2D eigenvalue weighted by atomic mass is 16.4. The molecule has 4 amide bonds. The SMILES string of the molecule is O=C1NC(=O)N(c2ccccc2)C(=O)C1=Cc1ccc(N2CCCCC2)o1. The lowest BCUT2D eigenvalue weighted by atomic mass is 10.1. The van der Waals surface area contributed by atoms with E-state index in [9.17, 15) is 14.4 Å². The van der Waals surface area contributed by atoms with Gasteiger partial charge in [-0.2, -0.15) is 0 Å². The summed E-state index contributed by atoms with van der Waals surface area (Å²) in [5, 5.41) is 2.21. The predicted molar refractivity (Wildman–Crippen MR) is 100 cm³/mol. The number of furan rings is 1. The van der Waals surface area contributed by atoms with Gasteiger partial charge >= 0.3 is 6.03 Å². The Kier molecular flexibility index (Phi) is 4.50. The maximum Gasteiger partial charge on any atom is 0.335 e.